The highest BCUT2D eigenvalue weighted by atomic mass is 19.3. The van der Waals surface area contributed by atoms with Gasteiger partial charge in [0.15, 0.2) is 0 Å². The van der Waals surface area contributed by atoms with Crippen molar-refractivity contribution in [3.63, 3.8) is 0 Å². The van der Waals surface area contributed by atoms with E-state index < -0.39 is 19.0 Å². The molecule has 116 valence electrons. The van der Waals surface area contributed by atoms with Crippen molar-refractivity contribution in [2.45, 2.75) is 38.5 Å². The van der Waals surface area contributed by atoms with Gasteiger partial charge in [-0.2, -0.15) is 0 Å². The number of hydrogen-bond acceptors (Lipinski definition) is 2. The first-order chi connectivity index (χ1) is 10.1. The first kappa shape index (κ1) is 15.7. The smallest absolute Gasteiger partial charge is 0.318 e. The number of urea groups is 1. The maximum Gasteiger partial charge on any atom is 0.318 e. The molecule has 0 aliphatic carbocycles. The highest BCUT2D eigenvalue weighted by Crippen LogP contribution is 2.14. The Kier molecular flexibility index (Phi) is 5.50. The van der Waals surface area contributed by atoms with E-state index in [-0.39, 0.29) is 18.7 Å². The van der Waals surface area contributed by atoms with Crippen LogP contribution in [0.25, 0.3) is 0 Å². The molecule has 1 aromatic carbocycles. The zero-order valence-electron chi connectivity index (χ0n) is 12.0. The Morgan fingerprint density at radius 3 is 2.71 bits per heavy atom. The van der Waals surface area contributed by atoms with Gasteiger partial charge in [0.25, 0.3) is 6.43 Å². The summed E-state index contributed by atoms with van der Waals surface area (Å²) < 4.78 is 30.7. The Hall–Kier alpha value is -1.69. The molecule has 0 aromatic heterocycles. The SMILES string of the molecule is C[C@H]1OCC[C@H]1NC(=O)N(Cc1ccccc1)CC(F)F. The molecule has 6 heteroatoms. The minimum Gasteiger partial charge on any atom is -0.376 e. The monoisotopic (exact) mass is 298 g/mol. The number of alkyl halides is 2. The molecule has 2 atom stereocenters. The van der Waals surface area contributed by atoms with Crippen molar-refractivity contribution in [1.82, 2.24) is 10.2 Å². The lowest BCUT2D eigenvalue weighted by atomic mass is 10.1. The van der Waals surface area contributed by atoms with Crippen LogP contribution in [0.5, 0.6) is 0 Å². The maximum absolute atomic E-state index is 12.7. The summed E-state index contributed by atoms with van der Waals surface area (Å²) in [5.74, 6) is 0. The van der Waals surface area contributed by atoms with Gasteiger partial charge < -0.3 is 15.0 Å². The number of nitrogens with one attached hydrogen (secondary N) is 1. The van der Waals surface area contributed by atoms with Crippen LogP contribution >= 0.6 is 0 Å². The van der Waals surface area contributed by atoms with Crippen LogP contribution in [0, 0.1) is 0 Å². The number of rotatable bonds is 5. The molecule has 2 amide bonds. The molecule has 4 nitrogen and oxygen atoms in total. The standard InChI is InChI=1S/C15H20F2N2O2/c1-11-13(7-8-21-11)18-15(20)19(10-14(16)17)9-12-5-3-2-4-6-12/h2-6,11,13-14H,7-10H2,1H3,(H,18,20)/t11-,13-/m1/s1. The summed E-state index contributed by atoms with van der Waals surface area (Å²) in [5.41, 5.74) is 0.823. The third-order valence-corrected chi connectivity index (χ3v) is 3.55. The van der Waals surface area contributed by atoms with Gasteiger partial charge in [0, 0.05) is 13.2 Å². The lowest BCUT2D eigenvalue weighted by Crippen LogP contribution is -2.48. The number of carbonyl (C=O) groups excluding carboxylic acids is 1. The van der Waals surface area contributed by atoms with E-state index in [0.717, 1.165) is 10.5 Å². The Labute approximate surface area is 123 Å². The lowest BCUT2D eigenvalue weighted by molar-refractivity contribution is 0.0898. The maximum atomic E-state index is 12.7. The highest BCUT2D eigenvalue weighted by molar-refractivity contribution is 5.74. The van der Waals surface area contributed by atoms with Crippen molar-refractivity contribution in [3.05, 3.63) is 35.9 Å². The molecule has 1 aromatic rings. The minimum atomic E-state index is -2.56. The van der Waals surface area contributed by atoms with Crippen molar-refractivity contribution in [3.8, 4) is 0 Å². The summed E-state index contributed by atoms with van der Waals surface area (Å²) in [5, 5.41) is 2.78. The van der Waals surface area contributed by atoms with Gasteiger partial charge in [-0.3, -0.25) is 0 Å². The van der Waals surface area contributed by atoms with E-state index in [1.807, 2.05) is 37.3 Å². The number of ether oxygens (including phenoxy) is 1. The molecular weight excluding hydrogens is 278 g/mol. The van der Waals surface area contributed by atoms with E-state index in [4.69, 9.17) is 4.74 Å². The van der Waals surface area contributed by atoms with E-state index >= 15 is 0 Å². The average Bonchev–Trinajstić information content (AvgIpc) is 2.84. The average molecular weight is 298 g/mol. The number of benzene rings is 1. The number of amides is 2. The number of carbonyl (C=O) groups is 1. The second kappa shape index (κ2) is 7.36. The quantitative estimate of drug-likeness (QED) is 0.908. The van der Waals surface area contributed by atoms with Crippen LogP contribution < -0.4 is 5.32 Å². The lowest BCUT2D eigenvalue weighted by Gasteiger charge is -2.26. The van der Waals surface area contributed by atoms with Crippen LogP contribution in [-0.4, -0.2) is 42.7 Å². The van der Waals surface area contributed by atoms with Crippen LogP contribution in [0.4, 0.5) is 13.6 Å². The van der Waals surface area contributed by atoms with Gasteiger partial charge in [0.05, 0.1) is 18.7 Å². The Morgan fingerprint density at radius 1 is 1.43 bits per heavy atom. The molecule has 0 radical (unpaired) electrons. The third-order valence-electron chi connectivity index (χ3n) is 3.55. The Bertz CT molecular complexity index is 456. The van der Waals surface area contributed by atoms with Gasteiger partial charge in [-0.15, -0.1) is 0 Å². The van der Waals surface area contributed by atoms with Gasteiger partial charge in [0.1, 0.15) is 0 Å². The van der Waals surface area contributed by atoms with E-state index in [0.29, 0.717) is 13.0 Å². The van der Waals surface area contributed by atoms with Crippen molar-refractivity contribution in [2.75, 3.05) is 13.2 Å². The van der Waals surface area contributed by atoms with Gasteiger partial charge in [-0.25, -0.2) is 13.6 Å². The fourth-order valence-electron chi connectivity index (χ4n) is 2.36. The third kappa shape index (κ3) is 4.67. The molecule has 1 N–H and O–H groups in total. The molecule has 0 unspecified atom stereocenters. The fraction of sp³-hybridized carbons (Fsp3) is 0.533. The normalized spacial score (nSPS) is 21.5. The zero-order valence-corrected chi connectivity index (χ0v) is 12.0. The molecule has 1 fully saturated rings. The molecule has 1 saturated heterocycles. The fourth-order valence-corrected chi connectivity index (χ4v) is 2.36. The largest absolute Gasteiger partial charge is 0.376 e. The topological polar surface area (TPSA) is 41.6 Å². The molecular formula is C15H20F2N2O2. The molecule has 21 heavy (non-hydrogen) atoms. The Morgan fingerprint density at radius 2 is 2.14 bits per heavy atom. The summed E-state index contributed by atoms with van der Waals surface area (Å²) in [6.07, 6.45) is -1.93. The molecule has 2 rings (SSSR count). The summed E-state index contributed by atoms with van der Waals surface area (Å²) >= 11 is 0. The van der Waals surface area contributed by atoms with Crippen molar-refractivity contribution in [2.24, 2.45) is 0 Å². The predicted octanol–water partition coefficient (Wildman–Crippen LogP) is 2.64. The first-order valence-electron chi connectivity index (χ1n) is 7.05. The van der Waals surface area contributed by atoms with Gasteiger partial charge in [0.2, 0.25) is 0 Å². The summed E-state index contributed by atoms with van der Waals surface area (Å²) in [4.78, 5) is 13.4. The van der Waals surface area contributed by atoms with Crippen LogP contribution in [0.15, 0.2) is 30.3 Å². The summed E-state index contributed by atoms with van der Waals surface area (Å²) in [6.45, 7) is 2.04. The second-order valence-electron chi connectivity index (χ2n) is 5.18. The van der Waals surface area contributed by atoms with E-state index in [1.165, 1.54) is 0 Å². The molecule has 0 saturated carbocycles. The van der Waals surface area contributed by atoms with Crippen molar-refractivity contribution in [1.29, 1.82) is 0 Å². The molecule has 0 bridgehead atoms. The van der Waals surface area contributed by atoms with Crippen LogP contribution in [0.2, 0.25) is 0 Å². The van der Waals surface area contributed by atoms with E-state index in [9.17, 15) is 13.6 Å². The zero-order chi connectivity index (χ0) is 15.2. The van der Waals surface area contributed by atoms with Gasteiger partial charge in [-0.05, 0) is 18.9 Å². The molecule has 1 aliphatic heterocycles. The van der Waals surface area contributed by atoms with Crippen molar-refractivity contribution >= 4 is 6.03 Å². The predicted molar refractivity (Wildman–Crippen MR) is 75.2 cm³/mol. The van der Waals surface area contributed by atoms with Gasteiger partial charge in [-0.1, -0.05) is 30.3 Å². The Balaban J connectivity index is 1.99. The minimum absolute atomic E-state index is 0.0842. The highest BCUT2D eigenvalue weighted by Gasteiger charge is 2.28. The first-order valence-corrected chi connectivity index (χ1v) is 7.05. The summed E-state index contributed by atoms with van der Waals surface area (Å²) in [7, 11) is 0. The van der Waals surface area contributed by atoms with Crippen LogP contribution in [0.1, 0.15) is 18.9 Å². The van der Waals surface area contributed by atoms with Crippen LogP contribution in [-0.2, 0) is 11.3 Å². The number of halogens is 2. The summed E-state index contributed by atoms with van der Waals surface area (Å²) in [6, 6.07) is 8.52. The molecule has 1 heterocycles. The van der Waals surface area contributed by atoms with Crippen LogP contribution in [0.3, 0.4) is 0 Å². The number of nitrogens with zero attached hydrogens (tertiary/aromatic N) is 1. The molecule has 1 aliphatic rings. The van der Waals surface area contributed by atoms with Crippen molar-refractivity contribution < 1.29 is 18.3 Å². The van der Waals surface area contributed by atoms with E-state index in [2.05, 4.69) is 5.32 Å². The number of hydrogen-bond donors (Lipinski definition) is 1. The van der Waals surface area contributed by atoms with E-state index in [1.54, 1.807) is 0 Å². The van der Waals surface area contributed by atoms with Gasteiger partial charge >= 0.3 is 6.03 Å². The molecule has 0 spiro atoms. The second-order valence-corrected chi connectivity index (χ2v) is 5.18.